The van der Waals surface area contributed by atoms with Crippen LogP contribution in [-0.2, 0) is 0 Å². The number of aliphatic hydroxyl groups is 1. The second kappa shape index (κ2) is 4.85. The monoisotopic (exact) mass is 237 g/mol. The molecule has 0 aromatic carbocycles. The van der Waals surface area contributed by atoms with Crippen molar-refractivity contribution >= 4 is 11.6 Å². The van der Waals surface area contributed by atoms with Gasteiger partial charge in [0.25, 0.3) is 0 Å². The molecule has 2 rings (SSSR count). The minimum absolute atomic E-state index is 0.128. The van der Waals surface area contributed by atoms with Crippen molar-refractivity contribution in [3.63, 3.8) is 0 Å². The highest BCUT2D eigenvalue weighted by Crippen LogP contribution is 2.19. The average molecular weight is 237 g/mol. The average Bonchev–Trinajstić information content (AvgIpc) is 2.30. The molecule has 6 nitrogen and oxygen atoms in total. The summed E-state index contributed by atoms with van der Waals surface area (Å²) < 4.78 is 0. The number of hydrogen-bond acceptors (Lipinski definition) is 6. The number of hydrogen-bond donors (Lipinski definition) is 2. The lowest BCUT2D eigenvalue weighted by Gasteiger charge is -2.39. The molecule has 0 spiro atoms. The molecule has 0 unspecified atom stereocenters. The standard InChI is InChI=1S/C11H19N5O/c1-15(2)8-7-16(6-5-9(8)17)11-4-3-10(12)13-14-11/h3-4,8-9,17H,5-7H2,1-2H3,(H2,12,13)/t8-,9-/m0/s1. The van der Waals surface area contributed by atoms with Crippen LogP contribution < -0.4 is 10.6 Å². The Morgan fingerprint density at radius 2 is 2.18 bits per heavy atom. The summed E-state index contributed by atoms with van der Waals surface area (Å²) in [6.07, 6.45) is 0.470. The summed E-state index contributed by atoms with van der Waals surface area (Å²) >= 11 is 0. The van der Waals surface area contributed by atoms with E-state index in [2.05, 4.69) is 15.1 Å². The summed E-state index contributed by atoms with van der Waals surface area (Å²) in [4.78, 5) is 4.17. The van der Waals surface area contributed by atoms with E-state index in [-0.39, 0.29) is 12.1 Å². The molecular formula is C11H19N5O. The minimum atomic E-state index is -0.275. The molecule has 0 amide bonds. The van der Waals surface area contributed by atoms with Crippen LogP contribution >= 0.6 is 0 Å². The van der Waals surface area contributed by atoms with Crippen LogP contribution in [0.2, 0.25) is 0 Å². The van der Waals surface area contributed by atoms with E-state index in [1.54, 1.807) is 6.07 Å². The molecule has 1 saturated heterocycles. The summed E-state index contributed by atoms with van der Waals surface area (Å²) in [5, 5.41) is 17.8. The highest BCUT2D eigenvalue weighted by Gasteiger charge is 2.29. The second-order valence-electron chi connectivity index (χ2n) is 4.65. The Kier molecular flexibility index (Phi) is 3.44. The fourth-order valence-corrected chi connectivity index (χ4v) is 2.14. The number of nitrogens with two attached hydrogens (primary N) is 1. The zero-order valence-corrected chi connectivity index (χ0v) is 10.2. The zero-order chi connectivity index (χ0) is 12.4. The van der Waals surface area contributed by atoms with Gasteiger partial charge in [0.05, 0.1) is 12.1 Å². The normalized spacial score (nSPS) is 25.3. The number of nitrogen functional groups attached to an aromatic ring is 1. The molecule has 1 aliphatic heterocycles. The molecule has 1 aliphatic rings. The van der Waals surface area contributed by atoms with Gasteiger partial charge >= 0.3 is 0 Å². The molecule has 17 heavy (non-hydrogen) atoms. The molecule has 1 fully saturated rings. The van der Waals surface area contributed by atoms with Crippen LogP contribution in [0, 0.1) is 0 Å². The molecule has 1 aromatic rings. The van der Waals surface area contributed by atoms with Gasteiger partial charge in [-0.15, -0.1) is 10.2 Å². The van der Waals surface area contributed by atoms with Gasteiger partial charge in [0, 0.05) is 13.1 Å². The quantitative estimate of drug-likeness (QED) is 0.726. The molecular weight excluding hydrogens is 218 g/mol. The largest absolute Gasteiger partial charge is 0.391 e. The van der Waals surface area contributed by atoms with Gasteiger partial charge in [-0.25, -0.2) is 0 Å². The smallest absolute Gasteiger partial charge is 0.151 e. The number of anilines is 2. The molecule has 2 atom stereocenters. The van der Waals surface area contributed by atoms with E-state index < -0.39 is 0 Å². The van der Waals surface area contributed by atoms with Crippen LogP contribution in [0.1, 0.15) is 6.42 Å². The SMILES string of the molecule is CN(C)[C@H]1CN(c2ccc(N)nn2)CC[C@@H]1O. The molecule has 0 saturated carbocycles. The summed E-state index contributed by atoms with van der Waals surface area (Å²) in [6.45, 7) is 1.55. The first-order chi connectivity index (χ1) is 8.08. The fraction of sp³-hybridized carbons (Fsp3) is 0.636. The Labute approximate surface area is 101 Å². The highest BCUT2D eigenvalue weighted by molar-refractivity contribution is 5.42. The predicted molar refractivity (Wildman–Crippen MR) is 66.8 cm³/mol. The molecule has 0 radical (unpaired) electrons. The van der Waals surface area contributed by atoms with Crippen LogP contribution in [0.25, 0.3) is 0 Å². The molecule has 94 valence electrons. The van der Waals surface area contributed by atoms with Crippen molar-refractivity contribution in [2.75, 3.05) is 37.8 Å². The number of aromatic nitrogens is 2. The Morgan fingerprint density at radius 1 is 1.41 bits per heavy atom. The van der Waals surface area contributed by atoms with Gasteiger partial charge in [-0.2, -0.15) is 0 Å². The van der Waals surface area contributed by atoms with Crippen molar-refractivity contribution in [1.29, 1.82) is 0 Å². The summed E-state index contributed by atoms with van der Waals surface area (Å²) in [6, 6.07) is 3.74. The van der Waals surface area contributed by atoms with Crippen molar-refractivity contribution in [2.45, 2.75) is 18.6 Å². The first kappa shape index (κ1) is 12.1. The maximum absolute atomic E-state index is 9.92. The van der Waals surface area contributed by atoms with Crippen molar-refractivity contribution < 1.29 is 5.11 Å². The second-order valence-corrected chi connectivity index (χ2v) is 4.65. The maximum Gasteiger partial charge on any atom is 0.151 e. The van der Waals surface area contributed by atoms with E-state index in [1.165, 1.54) is 0 Å². The van der Waals surface area contributed by atoms with E-state index in [0.717, 1.165) is 25.3 Å². The van der Waals surface area contributed by atoms with Gasteiger partial charge in [0.2, 0.25) is 0 Å². The molecule has 2 heterocycles. The Bertz CT molecular complexity index is 367. The van der Waals surface area contributed by atoms with Gasteiger partial charge < -0.3 is 20.6 Å². The first-order valence-electron chi connectivity index (χ1n) is 5.76. The van der Waals surface area contributed by atoms with Crippen molar-refractivity contribution in [3.8, 4) is 0 Å². The van der Waals surface area contributed by atoms with Gasteiger partial charge in [-0.05, 0) is 32.6 Å². The van der Waals surface area contributed by atoms with Crippen LogP contribution in [-0.4, -0.2) is 59.5 Å². The Morgan fingerprint density at radius 3 is 2.76 bits per heavy atom. The van der Waals surface area contributed by atoms with E-state index in [9.17, 15) is 5.11 Å². The van der Waals surface area contributed by atoms with E-state index in [0.29, 0.717) is 5.82 Å². The number of rotatable bonds is 2. The van der Waals surface area contributed by atoms with Crippen LogP contribution in [0.4, 0.5) is 11.6 Å². The third-order valence-corrected chi connectivity index (χ3v) is 3.20. The lowest BCUT2D eigenvalue weighted by atomic mass is 10.0. The molecule has 3 N–H and O–H groups in total. The van der Waals surface area contributed by atoms with Gasteiger partial charge in [0.15, 0.2) is 5.82 Å². The Balaban J connectivity index is 2.10. The van der Waals surface area contributed by atoms with E-state index in [4.69, 9.17) is 5.73 Å². The molecule has 0 aliphatic carbocycles. The lowest BCUT2D eigenvalue weighted by molar-refractivity contribution is 0.0601. The van der Waals surface area contributed by atoms with Crippen LogP contribution in [0.15, 0.2) is 12.1 Å². The first-order valence-corrected chi connectivity index (χ1v) is 5.76. The maximum atomic E-state index is 9.92. The van der Waals surface area contributed by atoms with Gasteiger partial charge in [-0.3, -0.25) is 0 Å². The van der Waals surface area contributed by atoms with Crippen LogP contribution in [0.5, 0.6) is 0 Å². The highest BCUT2D eigenvalue weighted by atomic mass is 16.3. The van der Waals surface area contributed by atoms with Crippen molar-refractivity contribution in [2.24, 2.45) is 0 Å². The van der Waals surface area contributed by atoms with Crippen LogP contribution in [0.3, 0.4) is 0 Å². The van der Waals surface area contributed by atoms with Crippen molar-refractivity contribution in [3.05, 3.63) is 12.1 Å². The third-order valence-electron chi connectivity index (χ3n) is 3.20. The fourth-order valence-electron chi connectivity index (χ4n) is 2.14. The van der Waals surface area contributed by atoms with Gasteiger partial charge in [0.1, 0.15) is 5.82 Å². The predicted octanol–water partition coefficient (Wildman–Crippen LogP) is -0.440. The summed E-state index contributed by atoms with van der Waals surface area (Å²) in [5.74, 6) is 1.24. The summed E-state index contributed by atoms with van der Waals surface area (Å²) in [5.41, 5.74) is 5.51. The number of aliphatic hydroxyl groups excluding tert-OH is 1. The Hall–Kier alpha value is -1.40. The molecule has 6 heteroatoms. The lowest BCUT2D eigenvalue weighted by Crippen LogP contribution is -2.53. The van der Waals surface area contributed by atoms with Crippen molar-refractivity contribution in [1.82, 2.24) is 15.1 Å². The minimum Gasteiger partial charge on any atom is -0.391 e. The van der Waals surface area contributed by atoms with E-state index in [1.807, 2.05) is 25.1 Å². The number of piperidine rings is 1. The third kappa shape index (κ3) is 2.65. The molecule has 1 aromatic heterocycles. The topological polar surface area (TPSA) is 78.5 Å². The molecule has 0 bridgehead atoms. The van der Waals surface area contributed by atoms with E-state index >= 15 is 0 Å². The van der Waals surface area contributed by atoms with Gasteiger partial charge in [-0.1, -0.05) is 0 Å². The number of nitrogens with zero attached hydrogens (tertiary/aromatic N) is 4. The summed E-state index contributed by atoms with van der Waals surface area (Å²) in [7, 11) is 3.96. The zero-order valence-electron chi connectivity index (χ0n) is 10.2. The number of likely N-dealkylation sites (N-methyl/N-ethyl adjacent to an activating group) is 1.